The summed E-state index contributed by atoms with van der Waals surface area (Å²) in [5.74, 6) is 6.97. The van der Waals surface area contributed by atoms with Crippen molar-refractivity contribution >= 4 is 23.3 Å². The number of unbranched alkanes of at least 4 members (excludes halogenated alkanes) is 30. The maximum absolute atomic E-state index is 5.19. The minimum atomic E-state index is 0.764. The van der Waals surface area contributed by atoms with Gasteiger partial charge in [-0.15, -0.1) is 0 Å². The van der Waals surface area contributed by atoms with Gasteiger partial charge in [0, 0.05) is 6.42 Å². The Morgan fingerprint density at radius 1 is 0.403 bits per heavy atom. The van der Waals surface area contributed by atoms with Gasteiger partial charge in [-0.3, -0.25) is 4.99 Å². The predicted molar refractivity (Wildman–Crippen MR) is 280 cm³/mol. The van der Waals surface area contributed by atoms with Crippen molar-refractivity contribution in [3.05, 3.63) is 84.0 Å². The van der Waals surface area contributed by atoms with Crippen LogP contribution >= 0.6 is 0 Å². The molecule has 0 radical (unpaired) electrons. The molecule has 62 heavy (non-hydrogen) atoms. The minimum Gasteiger partial charge on any atom is -0.254 e. The van der Waals surface area contributed by atoms with Gasteiger partial charge in [-0.2, -0.15) is 0 Å². The highest BCUT2D eigenvalue weighted by Gasteiger charge is 2.04. The minimum absolute atomic E-state index is 0.764. The highest BCUT2D eigenvalue weighted by molar-refractivity contribution is 6.39. The van der Waals surface area contributed by atoms with Crippen molar-refractivity contribution < 1.29 is 0 Å². The lowest BCUT2D eigenvalue weighted by Gasteiger charge is -2.06. The summed E-state index contributed by atoms with van der Waals surface area (Å²) in [5, 5.41) is 0. The van der Waals surface area contributed by atoms with E-state index in [1.807, 2.05) is 6.21 Å². The van der Waals surface area contributed by atoms with Crippen molar-refractivity contribution in [1.82, 2.24) is 0 Å². The standard InChI is InChI=1S/C60H96N2/c1-4-7-10-13-16-19-22-23-24-25-26-27-28-31-34-37-40-43-52-58(62-60-54-47-45-51-57(60)49-42-39-36-33-30-21-18-15-12-9-6-3)55-61-59-53-46-44-50-56(59)48-41-38-35-32-29-20-17-14-11-8-5-2/h32-33,35-36,44-47,50-51,53-55H,4-31,34,37-42,48-49H2,1-3H3. The predicted octanol–water partition coefficient (Wildman–Crippen LogP) is 20.1. The molecule has 0 aliphatic carbocycles. The van der Waals surface area contributed by atoms with Gasteiger partial charge in [-0.1, -0.05) is 248 Å². The number of rotatable bonds is 41. The zero-order valence-corrected chi connectivity index (χ0v) is 41.1. The van der Waals surface area contributed by atoms with Crippen LogP contribution in [0.3, 0.4) is 0 Å². The van der Waals surface area contributed by atoms with E-state index in [0.29, 0.717) is 0 Å². The topological polar surface area (TPSA) is 24.7 Å². The second kappa shape index (κ2) is 43.1. The van der Waals surface area contributed by atoms with Crippen LogP contribution < -0.4 is 0 Å². The Morgan fingerprint density at radius 3 is 1.21 bits per heavy atom. The Labute approximate surface area is 385 Å². The van der Waals surface area contributed by atoms with E-state index >= 15 is 0 Å². The van der Waals surface area contributed by atoms with E-state index in [2.05, 4.69) is 105 Å². The number of hydrogen-bond acceptors (Lipinski definition) is 2. The van der Waals surface area contributed by atoms with Crippen LogP contribution in [-0.2, 0) is 12.8 Å². The Morgan fingerprint density at radius 2 is 0.758 bits per heavy atom. The molecule has 0 spiro atoms. The summed E-state index contributed by atoms with van der Waals surface area (Å²) in [5.41, 5.74) is 5.44. The monoisotopic (exact) mass is 845 g/mol. The molecule has 346 valence electrons. The van der Waals surface area contributed by atoms with Crippen molar-refractivity contribution in [2.24, 2.45) is 9.98 Å². The van der Waals surface area contributed by atoms with E-state index in [4.69, 9.17) is 9.98 Å². The van der Waals surface area contributed by atoms with Crippen LogP contribution in [0.1, 0.15) is 257 Å². The molecule has 0 bridgehead atoms. The van der Waals surface area contributed by atoms with E-state index < -0.39 is 0 Å². The average molecular weight is 845 g/mol. The zero-order chi connectivity index (χ0) is 44.1. The van der Waals surface area contributed by atoms with Gasteiger partial charge in [0.1, 0.15) is 5.71 Å². The zero-order valence-electron chi connectivity index (χ0n) is 41.1. The Kier molecular flexibility index (Phi) is 38.2. The molecular weight excluding hydrogens is 749 g/mol. The second-order valence-corrected chi connectivity index (χ2v) is 18.2. The molecule has 0 aromatic heterocycles. The van der Waals surface area contributed by atoms with Crippen molar-refractivity contribution in [2.45, 2.75) is 258 Å². The van der Waals surface area contributed by atoms with Gasteiger partial charge in [0.2, 0.25) is 0 Å². The molecule has 0 amide bonds. The average Bonchev–Trinajstić information content (AvgIpc) is 3.29. The van der Waals surface area contributed by atoms with Gasteiger partial charge >= 0.3 is 0 Å². The molecule has 2 rings (SSSR count). The first-order valence-corrected chi connectivity index (χ1v) is 26.9. The summed E-state index contributed by atoms with van der Waals surface area (Å²) in [6, 6.07) is 17.3. The largest absolute Gasteiger partial charge is 0.254 e. The molecule has 2 heteroatoms. The summed E-state index contributed by atoms with van der Waals surface area (Å²) in [6.07, 6.45) is 60.0. The summed E-state index contributed by atoms with van der Waals surface area (Å²) >= 11 is 0. The highest BCUT2D eigenvalue weighted by Crippen LogP contribution is 2.23. The molecule has 0 atom stereocenters. The van der Waals surface area contributed by atoms with Gasteiger partial charge in [-0.25, -0.2) is 4.99 Å². The smallest absolute Gasteiger partial charge is 0.132 e. The van der Waals surface area contributed by atoms with Crippen molar-refractivity contribution in [1.29, 1.82) is 0 Å². The second-order valence-electron chi connectivity index (χ2n) is 18.2. The van der Waals surface area contributed by atoms with E-state index in [1.54, 1.807) is 0 Å². The number of aliphatic imine (C=N–C) groups is 2. The van der Waals surface area contributed by atoms with Crippen molar-refractivity contribution in [2.75, 3.05) is 0 Å². The fourth-order valence-corrected chi connectivity index (χ4v) is 8.32. The van der Waals surface area contributed by atoms with Gasteiger partial charge in [0.25, 0.3) is 0 Å². The number of nitrogens with zero attached hydrogens (tertiary/aromatic N) is 2. The Balaban J connectivity index is 1.92. The van der Waals surface area contributed by atoms with Crippen LogP contribution in [0.5, 0.6) is 0 Å². The van der Waals surface area contributed by atoms with E-state index in [0.717, 1.165) is 68.5 Å². The SMILES string of the molecule is CCCCCCCCC=CCCCc1ccccc1N=CC(C#CCCCCCCCCCCCCCCCCCC)=Nc1ccccc1CCCC=CCCCCCCCC. The third-order valence-corrected chi connectivity index (χ3v) is 12.3. The maximum atomic E-state index is 5.19. The van der Waals surface area contributed by atoms with Crippen LogP contribution in [0.15, 0.2) is 82.8 Å². The molecule has 2 aromatic rings. The molecule has 2 nitrogen and oxygen atoms in total. The lowest BCUT2D eigenvalue weighted by molar-refractivity contribution is 0.530. The highest BCUT2D eigenvalue weighted by atomic mass is 14.8. The first kappa shape index (κ1) is 55.0. The Hall–Kier alpha value is -3.18. The fraction of sp³-hybridized carbons (Fsp3) is 0.667. The van der Waals surface area contributed by atoms with Crippen LogP contribution in [0, 0.1) is 11.8 Å². The summed E-state index contributed by atoms with van der Waals surface area (Å²) in [7, 11) is 0. The molecular formula is C60H96N2. The molecule has 0 unspecified atom stereocenters. The molecule has 0 N–H and O–H groups in total. The number of aryl methyl sites for hydroxylation is 2. The molecule has 0 aliphatic rings. The summed E-state index contributed by atoms with van der Waals surface area (Å²) in [6.45, 7) is 6.88. The van der Waals surface area contributed by atoms with Crippen molar-refractivity contribution in [3.8, 4) is 11.8 Å². The maximum Gasteiger partial charge on any atom is 0.132 e. The van der Waals surface area contributed by atoms with Crippen LogP contribution in [0.4, 0.5) is 11.4 Å². The number of benzene rings is 2. The van der Waals surface area contributed by atoms with Gasteiger partial charge in [0.05, 0.1) is 17.6 Å². The first-order chi connectivity index (χ1) is 30.8. The summed E-state index contributed by atoms with van der Waals surface area (Å²) in [4.78, 5) is 10.2. The third-order valence-electron chi connectivity index (χ3n) is 12.3. The lowest BCUT2D eigenvalue weighted by atomic mass is 10.0. The number of para-hydroxylation sites is 2. The lowest BCUT2D eigenvalue weighted by Crippen LogP contribution is -1.97. The van der Waals surface area contributed by atoms with Crippen LogP contribution in [0.2, 0.25) is 0 Å². The van der Waals surface area contributed by atoms with E-state index in [-0.39, 0.29) is 0 Å². The first-order valence-electron chi connectivity index (χ1n) is 26.9. The van der Waals surface area contributed by atoms with Gasteiger partial charge in [0.15, 0.2) is 0 Å². The normalized spacial score (nSPS) is 12.0. The molecule has 0 saturated carbocycles. The number of allylic oxidation sites excluding steroid dienone is 4. The van der Waals surface area contributed by atoms with Crippen LogP contribution in [-0.4, -0.2) is 11.9 Å². The number of hydrogen-bond donors (Lipinski definition) is 0. The van der Waals surface area contributed by atoms with E-state index in [9.17, 15) is 0 Å². The van der Waals surface area contributed by atoms with Crippen LogP contribution in [0.25, 0.3) is 0 Å². The van der Waals surface area contributed by atoms with Gasteiger partial charge < -0.3 is 0 Å². The molecule has 2 aromatic carbocycles. The fourth-order valence-electron chi connectivity index (χ4n) is 8.32. The quantitative estimate of drug-likeness (QED) is 0.0276. The Bertz CT molecular complexity index is 1480. The molecule has 0 heterocycles. The summed E-state index contributed by atoms with van der Waals surface area (Å²) < 4.78 is 0. The molecule has 0 aliphatic heterocycles. The molecule has 0 fully saturated rings. The van der Waals surface area contributed by atoms with E-state index in [1.165, 1.54) is 197 Å². The van der Waals surface area contributed by atoms with Crippen molar-refractivity contribution in [3.63, 3.8) is 0 Å². The van der Waals surface area contributed by atoms with Gasteiger partial charge in [-0.05, 0) is 99.8 Å². The third kappa shape index (κ3) is 32.5. The molecule has 0 saturated heterocycles.